The van der Waals surface area contributed by atoms with Crippen molar-refractivity contribution in [3.63, 3.8) is 0 Å². The zero-order chi connectivity index (χ0) is 26.4. The minimum absolute atomic E-state index is 0.0664. The number of esters is 2. The third-order valence-electron chi connectivity index (χ3n) is 14.0. The molecule has 0 aromatic rings. The summed E-state index contributed by atoms with van der Waals surface area (Å²) in [5.41, 5.74) is -0.502. The number of rotatable bonds is 4. The van der Waals surface area contributed by atoms with Gasteiger partial charge in [0.2, 0.25) is 6.29 Å². The highest BCUT2D eigenvalue weighted by molar-refractivity contribution is 5.77. The molecule has 0 aromatic heterocycles. The minimum atomic E-state index is -0.502. The summed E-state index contributed by atoms with van der Waals surface area (Å²) >= 11 is 0. The smallest absolute Gasteiger partial charge is 0.311 e. The lowest BCUT2D eigenvalue weighted by molar-refractivity contribution is -0.197. The predicted molar refractivity (Wildman–Crippen MR) is 144 cm³/mol. The summed E-state index contributed by atoms with van der Waals surface area (Å²) in [6.45, 7) is 6.50. The third kappa shape index (κ3) is 3.23. The van der Waals surface area contributed by atoms with Crippen LogP contribution in [0.15, 0.2) is 12.2 Å². The van der Waals surface area contributed by atoms with Crippen molar-refractivity contribution in [3.8, 4) is 0 Å². The first-order valence-electron chi connectivity index (χ1n) is 16.5. The van der Waals surface area contributed by atoms with Crippen molar-refractivity contribution in [2.45, 2.75) is 84.0 Å². The predicted octanol–water partition coefficient (Wildman–Crippen LogP) is 5.87. The minimum Gasteiger partial charge on any atom is -0.460 e. The van der Waals surface area contributed by atoms with Gasteiger partial charge in [-0.2, -0.15) is 0 Å². The van der Waals surface area contributed by atoms with Crippen molar-refractivity contribution >= 4 is 11.9 Å². The van der Waals surface area contributed by atoms with E-state index in [2.05, 4.69) is 12.2 Å². The topological polar surface area (TPSA) is 61.8 Å². The molecule has 5 nitrogen and oxygen atoms in total. The van der Waals surface area contributed by atoms with Gasteiger partial charge in [-0.3, -0.25) is 9.59 Å². The van der Waals surface area contributed by atoms with Crippen molar-refractivity contribution in [1.29, 1.82) is 0 Å². The normalized spacial score (nSPS) is 56.6. The molecule has 9 aliphatic rings. The first-order chi connectivity index (χ1) is 18.8. The lowest BCUT2D eigenvalue weighted by atomic mass is 9.53. The van der Waals surface area contributed by atoms with Gasteiger partial charge in [0.15, 0.2) is 0 Å². The summed E-state index contributed by atoms with van der Waals surface area (Å²) in [5, 5.41) is 0. The number of carbonyl (C=O) groups is 2. The van der Waals surface area contributed by atoms with Crippen LogP contribution >= 0.6 is 0 Å². The van der Waals surface area contributed by atoms with Crippen LogP contribution in [0.4, 0.5) is 0 Å². The second-order valence-corrected chi connectivity index (χ2v) is 16.3. The molecule has 8 fully saturated rings. The second-order valence-electron chi connectivity index (χ2n) is 16.3. The second kappa shape index (κ2) is 8.13. The van der Waals surface area contributed by atoms with E-state index in [4.69, 9.17) is 14.2 Å². The van der Waals surface area contributed by atoms with E-state index in [1.165, 1.54) is 19.3 Å². The van der Waals surface area contributed by atoms with Gasteiger partial charge < -0.3 is 14.2 Å². The Morgan fingerprint density at radius 2 is 1.36 bits per heavy atom. The van der Waals surface area contributed by atoms with Gasteiger partial charge in [0, 0.05) is 12.8 Å². The van der Waals surface area contributed by atoms with Crippen LogP contribution in [0.3, 0.4) is 0 Å². The highest BCUT2D eigenvalue weighted by Crippen LogP contribution is 2.81. The molecule has 9 rings (SSSR count). The molecule has 7 saturated carbocycles. The van der Waals surface area contributed by atoms with E-state index in [9.17, 15) is 9.59 Å². The quantitative estimate of drug-likeness (QED) is 0.256. The summed E-state index contributed by atoms with van der Waals surface area (Å²) in [4.78, 5) is 27.1. The largest absolute Gasteiger partial charge is 0.460 e. The molecule has 0 amide bonds. The lowest BCUT2D eigenvalue weighted by Gasteiger charge is -2.51. The molecule has 0 radical (unpaired) electrons. The van der Waals surface area contributed by atoms with Crippen LogP contribution in [-0.4, -0.2) is 30.4 Å². The Kier molecular flexibility index (Phi) is 5.06. The fraction of sp³-hybridized carbons (Fsp3) is 0.882. The van der Waals surface area contributed by atoms with Crippen LogP contribution in [0, 0.1) is 94.7 Å². The number of hydrogen-bond acceptors (Lipinski definition) is 5. The molecular formula is C34H46O5. The number of allylic oxidation sites excluding steroid dienone is 2. The van der Waals surface area contributed by atoms with Crippen molar-refractivity contribution in [3.05, 3.63) is 12.2 Å². The van der Waals surface area contributed by atoms with E-state index in [1.54, 1.807) is 0 Å². The van der Waals surface area contributed by atoms with E-state index in [0.717, 1.165) is 90.8 Å². The Hall–Kier alpha value is -1.36. The van der Waals surface area contributed by atoms with Crippen LogP contribution in [0.1, 0.15) is 72.1 Å². The Labute approximate surface area is 233 Å². The zero-order valence-corrected chi connectivity index (χ0v) is 23.9. The van der Waals surface area contributed by atoms with E-state index in [1.807, 2.05) is 20.8 Å². The fourth-order valence-electron chi connectivity index (χ4n) is 13.8. The van der Waals surface area contributed by atoms with E-state index in [-0.39, 0.29) is 23.8 Å². The van der Waals surface area contributed by atoms with Gasteiger partial charge in [0.05, 0.1) is 12.5 Å². The lowest BCUT2D eigenvalue weighted by Crippen LogP contribution is -2.50. The molecule has 8 aliphatic carbocycles. The maximum Gasteiger partial charge on any atom is 0.311 e. The van der Waals surface area contributed by atoms with Gasteiger partial charge >= 0.3 is 11.9 Å². The molecule has 39 heavy (non-hydrogen) atoms. The Morgan fingerprint density at radius 3 is 1.97 bits per heavy atom. The summed E-state index contributed by atoms with van der Waals surface area (Å²) in [6.07, 6.45) is 13.5. The van der Waals surface area contributed by atoms with E-state index in [0.29, 0.717) is 30.8 Å². The summed E-state index contributed by atoms with van der Waals surface area (Å²) < 4.78 is 17.7. The average Bonchev–Trinajstić information content (AvgIpc) is 3.71. The van der Waals surface area contributed by atoms with Gasteiger partial charge in [0.25, 0.3) is 0 Å². The zero-order valence-electron chi connectivity index (χ0n) is 23.9. The molecule has 0 aromatic carbocycles. The number of carbonyl (C=O) groups excluding carboxylic acids is 2. The van der Waals surface area contributed by atoms with Gasteiger partial charge in [-0.15, -0.1) is 0 Å². The van der Waals surface area contributed by atoms with E-state index >= 15 is 0 Å². The first kappa shape index (κ1) is 24.3. The van der Waals surface area contributed by atoms with Crippen LogP contribution in [-0.2, 0) is 23.8 Å². The Balaban J connectivity index is 1.01. The summed E-state index contributed by atoms with van der Waals surface area (Å²) in [5.74, 6) is 11.0. The van der Waals surface area contributed by atoms with Crippen LogP contribution in [0.25, 0.3) is 0 Å². The van der Waals surface area contributed by atoms with Crippen molar-refractivity contribution in [2.75, 3.05) is 6.61 Å². The van der Waals surface area contributed by atoms with Crippen LogP contribution in [0.5, 0.6) is 0 Å². The monoisotopic (exact) mass is 534 g/mol. The molecule has 1 saturated heterocycles. The van der Waals surface area contributed by atoms with Crippen LogP contribution < -0.4 is 0 Å². The highest BCUT2D eigenvalue weighted by atomic mass is 16.7. The fourth-order valence-corrected chi connectivity index (χ4v) is 13.8. The standard InChI is InChI=1S/C34H46O5/c1-34(2,3)39-24(35)14-18-17-11-23(32(18)33(36)38-25-6-4-5-9-37-25)31-22-13-21(28(17)31)29-19-12-20(30(22)29)27-16-8-7-15(10-16)26(19)27/h7-8,15-23,25-32H,4-6,9-14H2,1-3H3. The van der Waals surface area contributed by atoms with Crippen LogP contribution in [0.2, 0.25) is 0 Å². The summed E-state index contributed by atoms with van der Waals surface area (Å²) in [6, 6.07) is 0. The Morgan fingerprint density at radius 1 is 0.769 bits per heavy atom. The molecule has 212 valence electrons. The third-order valence-corrected chi connectivity index (χ3v) is 14.0. The average molecular weight is 535 g/mol. The molecule has 8 bridgehead atoms. The molecule has 17 atom stereocenters. The molecular weight excluding hydrogens is 488 g/mol. The van der Waals surface area contributed by atoms with Crippen molar-refractivity contribution < 1.29 is 23.8 Å². The van der Waals surface area contributed by atoms with Gasteiger partial charge in [-0.25, -0.2) is 0 Å². The van der Waals surface area contributed by atoms with Crippen molar-refractivity contribution in [1.82, 2.24) is 0 Å². The molecule has 5 heteroatoms. The van der Waals surface area contributed by atoms with Crippen molar-refractivity contribution in [2.24, 2.45) is 94.7 Å². The maximum atomic E-state index is 13.9. The van der Waals surface area contributed by atoms with E-state index < -0.39 is 11.9 Å². The molecule has 17 unspecified atom stereocenters. The van der Waals surface area contributed by atoms with Gasteiger partial charge in [0.1, 0.15) is 5.60 Å². The maximum absolute atomic E-state index is 13.9. The summed E-state index contributed by atoms with van der Waals surface area (Å²) in [7, 11) is 0. The number of hydrogen-bond donors (Lipinski definition) is 0. The SMILES string of the molecule is CC(C)(C)OC(=O)CC1C2CC(C1C(=O)OC1CCCCO1)C1C3CC(C21)C1C2CC(C4C5C=CC(C5)C24)C31. The first-order valence-corrected chi connectivity index (χ1v) is 16.5. The molecule has 1 heterocycles. The highest BCUT2D eigenvalue weighted by Gasteiger charge is 2.77. The van der Waals surface area contributed by atoms with Gasteiger partial charge in [-0.05, 0) is 148 Å². The molecule has 1 aliphatic heterocycles. The van der Waals surface area contributed by atoms with Gasteiger partial charge in [-0.1, -0.05) is 12.2 Å². The number of fused-ring (bicyclic) bond motifs is 23. The molecule has 0 N–H and O–H groups in total. The Bertz CT molecular complexity index is 1100. The molecule has 0 spiro atoms. The number of ether oxygens (including phenoxy) is 3.